The van der Waals surface area contributed by atoms with Crippen LogP contribution in [0.4, 0.5) is 4.39 Å². The van der Waals surface area contributed by atoms with E-state index in [1.807, 2.05) is 0 Å². The lowest BCUT2D eigenvalue weighted by Gasteiger charge is -2.32. The van der Waals surface area contributed by atoms with Crippen LogP contribution in [0.25, 0.3) is 0 Å². The molecule has 0 unspecified atom stereocenters. The largest absolute Gasteiger partial charge is 0.388 e. The van der Waals surface area contributed by atoms with Gasteiger partial charge in [-0.15, -0.1) is 0 Å². The van der Waals surface area contributed by atoms with Crippen molar-refractivity contribution in [3.8, 4) is 0 Å². The number of aliphatic hydroxyl groups is 1. The molecular weight excluding hydrogens is 219 g/mol. The highest BCUT2D eigenvalue weighted by Crippen LogP contribution is 2.16. The summed E-state index contributed by atoms with van der Waals surface area (Å²) < 4.78 is 12.7. The molecule has 1 fully saturated rings. The molecule has 4 heteroatoms. The van der Waals surface area contributed by atoms with Crippen LogP contribution >= 0.6 is 0 Å². The van der Waals surface area contributed by atoms with Gasteiger partial charge in [0.2, 0.25) is 0 Å². The van der Waals surface area contributed by atoms with Gasteiger partial charge in [-0.05, 0) is 43.6 Å². The van der Waals surface area contributed by atoms with Crippen molar-refractivity contribution in [3.05, 3.63) is 35.6 Å². The van der Waals surface area contributed by atoms with E-state index in [0.29, 0.717) is 13.1 Å². The van der Waals surface area contributed by atoms with E-state index in [2.05, 4.69) is 10.6 Å². The van der Waals surface area contributed by atoms with Crippen molar-refractivity contribution in [1.82, 2.24) is 10.6 Å². The van der Waals surface area contributed by atoms with Crippen LogP contribution < -0.4 is 10.6 Å². The van der Waals surface area contributed by atoms with Crippen LogP contribution in [0.1, 0.15) is 18.4 Å². The van der Waals surface area contributed by atoms with E-state index in [-0.39, 0.29) is 5.82 Å². The average molecular weight is 238 g/mol. The Labute approximate surface area is 101 Å². The molecule has 1 aromatic rings. The highest BCUT2D eigenvalue weighted by molar-refractivity contribution is 5.15. The molecule has 1 aliphatic heterocycles. The van der Waals surface area contributed by atoms with Crippen LogP contribution in [-0.4, -0.2) is 30.3 Å². The number of benzene rings is 1. The summed E-state index contributed by atoms with van der Waals surface area (Å²) in [7, 11) is 0. The van der Waals surface area contributed by atoms with E-state index >= 15 is 0 Å². The maximum atomic E-state index is 12.7. The molecule has 0 aliphatic carbocycles. The van der Waals surface area contributed by atoms with E-state index in [4.69, 9.17) is 0 Å². The van der Waals surface area contributed by atoms with Crippen molar-refractivity contribution in [2.75, 3.05) is 19.6 Å². The normalized spacial score (nSPS) is 19.2. The Balaban J connectivity index is 1.77. The zero-order valence-corrected chi connectivity index (χ0v) is 9.88. The summed E-state index contributed by atoms with van der Waals surface area (Å²) in [6.45, 7) is 2.99. The first-order chi connectivity index (χ1) is 8.18. The molecule has 0 saturated carbocycles. The molecule has 0 amide bonds. The van der Waals surface area contributed by atoms with Crippen molar-refractivity contribution >= 4 is 0 Å². The standard InChI is InChI=1S/C13H19FN2O/c14-12-3-1-11(2-4-12)9-16-10-13(17)5-7-15-8-6-13/h1-4,15-17H,5-10H2. The maximum absolute atomic E-state index is 12.7. The summed E-state index contributed by atoms with van der Waals surface area (Å²) in [6.07, 6.45) is 1.56. The van der Waals surface area contributed by atoms with Crippen molar-refractivity contribution in [2.45, 2.75) is 25.0 Å². The van der Waals surface area contributed by atoms with Crippen LogP contribution in [0.2, 0.25) is 0 Å². The van der Waals surface area contributed by atoms with Gasteiger partial charge in [-0.3, -0.25) is 0 Å². The van der Waals surface area contributed by atoms with Crippen LogP contribution in [0.15, 0.2) is 24.3 Å². The van der Waals surface area contributed by atoms with Gasteiger partial charge < -0.3 is 15.7 Å². The number of hydrogen-bond donors (Lipinski definition) is 3. The minimum Gasteiger partial charge on any atom is -0.388 e. The van der Waals surface area contributed by atoms with Gasteiger partial charge in [0.1, 0.15) is 5.82 Å². The van der Waals surface area contributed by atoms with Gasteiger partial charge in [0, 0.05) is 13.1 Å². The third-order valence-electron chi connectivity index (χ3n) is 3.23. The predicted octanol–water partition coefficient (Wildman–Crippen LogP) is 1.03. The van der Waals surface area contributed by atoms with Gasteiger partial charge >= 0.3 is 0 Å². The zero-order chi connectivity index (χ0) is 12.1. The molecule has 3 N–H and O–H groups in total. The molecule has 1 heterocycles. The summed E-state index contributed by atoms with van der Waals surface area (Å²) in [5, 5.41) is 16.7. The second kappa shape index (κ2) is 5.58. The monoisotopic (exact) mass is 238 g/mol. The average Bonchev–Trinajstić information content (AvgIpc) is 2.32. The van der Waals surface area contributed by atoms with Gasteiger partial charge in [-0.25, -0.2) is 4.39 Å². The highest BCUT2D eigenvalue weighted by Gasteiger charge is 2.28. The van der Waals surface area contributed by atoms with Gasteiger partial charge in [0.05, 0.1) is 5.60 Å². The minimum absolute atomic E-state index is 0.217. The van der Waals surface area contributed by atoms with Crippen LogP contribution in [0.5, 0.6) is 0 Å². The number of halogens is 1. The topological polar surface area (TPSA) is 44.3 Å². The molecule has 0 spiro atoms. The van der Waals surface area contributed by atoms with E-state index in [1.165, 1.54) is 12.1 Å². The highest BCUT2D eigenvalue weighted by atomic mass is 19.1. The lowest BCUT2D eigenvalue weighted by molar-refractivity contribution is 0.0109. The molecule has 0 aromatic heterocycles. The SMILES string of the molecule is OC1(CNCc2ccc(F)cc2)CCNCC1. The Bertz CT molecular complexity index is 347. The Morgan fingerprint density at radius 3 is 2.53 bits per heavy atom. The fraction of sp³-hybridized carbons (Fsp3) is 0.538. The molecule has 0 radical (unpaired) electrons. The van der Waals surface area contributed by atoms with Gasteiger partial charge in [-0.2, -0.15) is 0 Å². The first kappa shape index (κ1) is 12.5. The lowest BCUT2D eigenvalue weighted by atomic mass is 9.92. The fourth-order valence-electron chi connectivity index (χ4n) is 2.11. The molecule has 2 rings (SSSR count). The van der Waals surface area contributed by atoms with Gasteiger partial charge in [-0.1, -0.05) is 12.1 Å². The van der Waals surface area contributed by atoms with E-state index in [0.717, 1.165) is 31.5 Å². The number of rotatable bonds is 4. The number of nitrogens with one attached hydrogen (secondary N) is 2. The first-order valence-corrected chi connectivity index (χ1v) is 6.06. The Morgan fingerprint density at radius 2 is 1.88 bits per heavy atom. The molecular formula is C13H19FN2O. The summed E-state index contributed by atoms with van der Waals surface area (Å²) in [4.78, 5) is 0. The summed E-state index contributed by atoms with van der Waals surface area (Å²) in [5.41, 5.74) is 0.439. The Hall–Kier alpha value is -0.970. The Morgan fingerprint density at radius 1 is 1.24 bits per heavy atom. The predicted molar refractivity (Wildman–Crippen MR) is 65.2 cm³/mol. The lowest BCUT2D eigenvalue weighted by Crippen LogP contribution is -2.48. The number of hydrogen-bond acceptors (Lipinski definition) is 3. The van der Waals surface area contributed by atoms with Crippen molar-refractivity contribution in [2.24, 2.45) is 0 Å². The third kappa shape index (κ3) is 3.77. The zero-order valence-electron chi connectivity index (χ0n) is 9.88. The first-order valence-electron chi connectivity index (χ1n) is 6.06. The number of piperidine rings is 1. The molecule has 17 heavy (non-hydrogen) atoms. The molecule has 94 valence electrons. The van der Waals surface area contributed by atoms with Gasteiger partial charge in [0.25, 0.3) is 0 Å². The van der Waals surface area contributed by atoms with Crippen molar-refractivity contribution in [3.63, 3.8) is 0 Å². The fourth-order valence-corrected chi connectivity index (χ4v) is 2.11. The van der Waals surface area contributed by atoms with Crippen LogP contribution in [-0.2, 0) is 6.54 Å². The van der Waals surface area contributed by atoms with E-state index in [1.54, 1.807) is 12.1 Å². The minimum atomic E-state index is -0.592. The van der Waals surface area contributed by atoms with E-state index in [9.17, 15) is 9.50 Å². The molecule has 3 nitrogen and oxygen atoms in total. The summed E-state index contributed by atoms with van der Waals surface area (Å²) >= 11 is 0. The molecule has 1 aliphatic rings. The molecule has 1 aromatic carbocycles. The van der Waals surface area contributed by atoms with E-state index < -0.39 is 5.60 Å². The molecule has 1 saturated heterocycles. The smallest absolute Gasteiger partial charge is 0.123 e. The Kier molecular flexibility index (Phi) is 4.10. The van der Waals surface area contributed by atoms with Gasteiger partial charge in [0.15, 0.2) is 0 Å². The van der Waals surface area contributed by atoms with Crippen LogP contribution in [0.3, 0.4) is 0 Å². The second-order valence-corrected chi connectivity index (χ2v) is 4.70. The quantitative estimate of drug-likeness (QED) is 0.734. The third-order valence-corrected chi connectivity index (χ3v) is 3.23. The second-order valence-electron chi connectivity index (χ2n) is 4.70. The van der Waals surface area contributed by atoms with Crippen LogP contribution in [0, 0.1) is 5.82 Å². The molecule has 0 bridgehead atoms. The van der Waals surface area contributed by atoms with Crippen molar-refractivity contribution in [1.29, 1.82) is 0 Å². The maximum Gasteiger partial charge on any atom is 0.123 e. The summed E-state index contributed by atoms with van der Waals surface area (Å²) in [6, 6.07) is 6.43. The molecule has 0 atom stereocenters. The van der Waals surface area contributed by atoms with Crippen molar-refractivity contribution < 1.29 is 9.50 Å². The summed E-state index contributed by atoms with van der Waals surface area (Å²) in [5.74, 6) is -0.217.